The van der Waals surface area contributed by atoms with Crippen molar-refractivity contribution in [2.24, 2.45) is 5.73 Å². The van der Waals surface area contributed by atoms with Crippen LogP contribution in [0.3, 0.4) is 0 Å². The lowest BCUT2D eigenvalue weighted by atomic mass is 10.1. The smallest absolute Gasteiger partial charge is 0.123 e. The molecule has 0 fully saturated rings. The first-order valence-electron chi connectivity index (χ1n) is 5.60. The third kappa shape index (κ3) is 3.71. The molecule has 0 saturated heterocycles. The molecule has 1 aromatic rings. The van der Waals surface area contributed by atoms with E-state index >= 15 is 0 Å². The fourth-order valence-corrected chi connectivity index (χ4v) is 2.23. The summed E-state index contributed by atoms with van der Waals surface area (Å²) in [6, 6.07) is 5.74. The van der Waals surface area contributed by atoms with Crippen LogP contribution in [0.1, 0.15) is 18.9 Å². The van der Waals surface area contributed by atoms with E-state index in [1.165, 1.54) is 0 Å². The SMILES string of the molecule is CCN(CCCO)c1ccc(C(=N)N)c(Br)c1. The Labute approximate surface area is 110 Å². The second-order valence-corrected chi connectivity index (χ2v) is 4.59. The maximum absolute atomic E-state index is 8.85. The van der Waals surface area contributed by atoms with Crippen LogP contribution < -0.4 is 10.6 Å². The molecule has 94 valence electrons. The van der Waals surface area contributed by atoms with E-state index in [9.17, 15) is 0 Å². The van der Waals surface area contributed by atoms with Crippen LogP contribution >= 0.6 is 15.9 Å². The molecule has 1 aromatic carbocycles. The largest absolute Gasteiger partial charge is 0.396 e. The second-order valence-electron chi connectivity index (χ2n) is 3.73. The Morgan fingerprint density at radius 3 is 2.71 bits per heavy atom. The minimum Gasteiger partial charge on any atom is -0.396 e. The summed E-state index contributed by atoms with van der Waals surface area (Å²) in [5.74, 6) is 0.0573. The zero-order valence-electron chi connectivity index (χ0n) is 9.91. The van der Waals surface area contributed by atoms with Crippen molar-refractivity contribution in [1.82, 2.24) is 0 Å². The van der Waals surface area contributed by atoms with Gasteiger partial charge in [-0.25, -0.2) is 0 Å². The van der Waals surface area contributed by atoms with Gasteiger partial charge in [0.2, 0.25) is 0 Å². The van der Waals surface area contributed by atoms with Crippen LogP contribution in [0.2, 0.25) is 0 Å². The molecule has 5 heteroatoms. The van der Waals surface area contributed by atoms with E-state index in [0.29, 0.717) is 5.56 Å². The monoisotopic (exact) mass is 299 g/mol. The molecule has 0 bridgehead atoms. The van der Waals surface area contributed by atoms with Crippen LogP contribution in [0.25, 0.3) is 0 Å². The van der Waals surface area contributed by atoms with Crippen LogP contribution in [-0.4, -0.2) is 30.6 Å². The predicted octanol–water partition coefficient (Wildman–Crippen LogP) is 1.94. The highest BCUT2D eigenvalue weighted by molar-refractivity contribution is 9.10. The van der Waals surface area contributed by atoms with Gasteiger partial charge < -0.3 is 15.7 Å². The van der Waals surface area contributed by atoms with Crippen LogP contribution in [0.4, 0.5) is 5.69 Å². The zero-order chi connectivity index (χ0) is 12.8. The Morgan fingerprint density at radius 2 is 2.24 bits per heavy atom. The molecular weight excluding hydrogens is 282 g/mol. The number of hydrogen-bond acceptors (Lipinski definition) is 3. The van der Waals surface area contributed by atoms with E-state index in [0.717, 1.165) is 29.7 Å². The number of anilines is 1. The Hall–Kier alpha value is -1.07. The average molecular weight is 300 g/mol. The topological polar surface area (TPSA) is 73.3 Å². The third-order valence-corrected chi connectivity index (χ3v) is 3.23. The van der Waals surface area contributed by atoms with Gasteiger partial charge in [-0.15, -0.1) is 0 Å². The molecule has 0 aliphatic heterocycles. The minimum absolute atomic E-state index is 0.0573. The molecule has 0 saturated carbocycles. The van der Waals surface area contributed by atoms with E-state index in [-0.39, 0.29) is 12.4 Å². The molecule has 4 N–H and O–H groups in total. The Morgan fingerprint density at radius 1 is 1.53 bits per heavy atom. The number of aliphatic hydroxyl groups is 1. The number of benzene rings is 1. The van der Waals surface area contributed by atoms with Gasteiger partial charge in [-0.1, -0.05) is 0 Å². The molecule has 0 radical (unpaired) electrons. The molecule has 0 atom stereocenters. The average Bonchev–Trinajstić information content (AvgIpc) is 2.29. The Kier molecular flexibility index (Phi) is 5.44. The maximum atomic E-state index is 8.85. The summed E-state index contributed by atoms with van der Waals surface area (Å²) in [5, 5.41) is 16.3. The van der Waals surface area contributed by atoms with Gasteiger partial charge in [0.25, 0.3) is 0 Å². The van der Waals surface area contributed by atoms with Gasteiger partial charge >= 0.3 is 0 Å². The Balaban J connectivity index is 2.90. The number of aliphatic hydroxyl groups excluding tert-OH is 1. The van der Waals surface area contributed by atoms with Gasteiger partial charge in [-0.05, 0) is 47.5 Å². The molecular formula is C12H18BrN3O. The number of hydrogen-bond donors (Lipinski definition) is 3. The van der Waals surface area contributed by atoms with Crippen molar-refractivity contribution in [2.45, 2.75) is 13.3 Å². The zero-order valence-corrected chi connectivity index (χ0v) is 11.5. The number of rotatable bonds is 6. The molecule has 0 unspecified atom stereocenters. The second kappa shape index (κ2) is 6.61. The van der Waals surface area contributed by atoms with E-state index < -0.39 is 0 Å². The van der Waals surface area contributed by atoms with Crippen LogP contribution in [0.15, 0.2) is 22.7 Å². The van der Waals surface area contributed by atoms with Gasteiger partial charge in [0, 0.05) is 35.4 Å². The van der Waals surface area contributed by atoms with Gasteiger partial charge in [-0.2, -0.15) is 0 Å². The lowest BCUT2D eigenvalue weighted by molar-refractivity contribution is 0.289. The Bertz CT molecular complexity index is 395. The van der Waals surface area contributed by atoms with Crippen LogP contribution in [-0.2, 0) is 0 Å². The van der Waals surface area contributed by atoms with Crippen molar-refractivity contribution >= 4 is 27.5 Å². The van der Waals surface area contributed by atoms with Crippen molar-refractivity contribution in [1.29, 1.82) is 5.41 Å². The van der Waals surface area contributed by atoms with Gasteiger partial charge in [0.1, 0.15) is 5.84 Å². The molecule has 0 heterocycles. The van der Waals surface area contributed by atoms with Crippen molar-refractivity contribution < 1.29 is 5.11 Å². The van der Waals surface area contributed by atoms with Gasteiger partial charge in [-0.3, -0.25) is 5.41 Å². The normalized spacial score (nSPS) is 10.3. The fourth-order valence-electron chi connectivity index (χ4n) is 1.65. The number of halogens is 1. The number of nitrogens with one attached hydrogen (secondary N) is 1. The van der Waals surface area contributed by atoms with Crippen LogP contribution in [0.5, 0.6) is 0 Å². The van der Waals surface area contributed by atoms with Gasteiger partial charge in [0.15, 0.2) is 0 Å². The van der Waals surface area contributed by atoms with Crippen molar-refractivity contribution in [2.75, 3.05) is 24.6 Å². The first kappa shape index (κ1) is 14.0. The van der Waals surface area contributed by atoms with Crippen LogP contribution in [0, 0.1) is 5.41 Å². The van der Waals surface area contributed by atoms with E-state index in [1.807, 2.05) is 18.2 Å². The molecule has 0 amide bonds. The first-order chi connectivity index (χ1) is 8.10. The summed E-state index contributed by atoms with van der Waals surface area (Å²) in [4.78, 5) is 2.17. The maximum Gasteiger partial charge on any atom is 0.123 e. The summed E-state index contributed by atoms with van der Waals surface area (Å²) >= 11 is 3.42. The summed E-state index contributed by atoms with van der Waals surface area (Å²) in [5.41, 5.74) is 7.23. The molecule has 4 nitrogen and oxygen atoms in total. The first-order valence-corrected chi connectivity index (χ1v) is 6.39. The quantitative estimate of drug-likeness (QED) is 0.555. The molecule has 17 heavy (non-hydrogen) atoms. The highest BCUT2D eigenvalue weighted by Crippen LogP contribution is 2.24. The van der Waals surface area contributed by atoms with Gasteiger partial charge in [0.05, 0.1) is 0 Å². The van der Waals surface area contributed by atoms with Crippen molar-refractivity contribution in [3.8, 4) is 0 Å². The lowest BCUT2D eigenvalue weighted by Gasteiger charge is -2.23. The molecule has 0 aliphatic rings. The number of amidine groups is 1. The van der Waals surface area contributed by atoms with E-state index in [1.54, 1.807) is 0 Å². The number of nitrogens with zero attached hydrogens (tertiary/aromatic N) is 1. The third-order valence-electron chi connectivity index (χ3n) is 2.58. The summed E-state index contributed by atoms with van der Waals surface area (Å²) in [6.45, 7) is 3.97. The molecule has 1 rings (SSSR count). The highest BCUT2D eigenvalue weighted by Gasteiger charge is 2.08. The number of nitrogen functional groups attached to an aromatic ring is 1. The molecule has 0 aromatic heterocycles. The summed E-state index contributed by atoms with van der Waals surface area (Å²) in [6.07, 6.45) is 0.750. The lowest BCUT2D eigenvalue weighted by Crippen LogP contribution is -2.24. The van der Waals surface area contributed by atoms with E-state index in [4.69, 9.17) is 16.2 Å². The van der Waals surface area contributed by atoms with E-state index in [2.05, 4.69) is 27.8 Å². The number of nitrogens with two attached hydrogens (primary N) is 1. The summed E-state index contributed by atoms with van der Waals surface area (Å²) in [7, 11) is 0. The minimum atomic E-state index is 0.0573. The van der Waals surface area contributed by atoms with Crippen molar-refractivity contribution in [3.05, 3.63) is 28.2 Å². The predicted molar refractivity (Wildman–Crippen MR) is 74.7 cm³/mol. The standard InChI is InChI=1S/C12H18BrN3O/c1-2-16(6-3-7-17)9-4-5-10(12(14)15)11(13)8-9/h4-5,8,17H,2-3,6-7H2,1H3,(H3,14,15). The van der Waals surface area contributed by atoms with Crippen molar-refractivity contribution in [3.63, 3.8) is 0 Å². The fraction of sp³-hybridized carbons (Fsp3) is 0.417. The molecule has 0 aliphatic carbocycles. The highest BCUT2D eigenvalue weighted by atomic mass is 79.9. The summed E-state index contributed by atoms with van der Waals surface area (Å²) < 4.78 is 0.824. The molecule has 0 spiro atoms.